The van der Waals surface area contributed by atoms with Crippen molar-refractivity contribution in [1.82, 2.24) is 5.32 Å². The van der Waals surface area contributed by atoms with Crippen LogP contribution in [-0.2, 0) is 14.3 Å². The van der Waals surface area contributed by atoms with Gasteiger partial charge in [0.1, 0.15) is 24.4 Å². The van der Waals surface area contributed by atoms with Crippen LogP contribution in [0.25, 0.3) is 0 Å². The minimum absolute atomic E-state index is 0.206. The molecule has 1 aliphatic rings. The molecule has 0 saturated carbocycles. The van der Waals surface area contributed by atoms with Crippen molar-refractivity contribution in [1.29, 1.82) is 0 Å². The highest BCUT2D eigenvalue weighted by Gasteiger charge is 2.44. The second-order valence-corrected chi connectivity index (χ2v) is 14.8. The van der Waals surface area contributed by atoms with Crippen LogP contribution in [0.5, 0.6) is 0 Å². The Morgan fingerprint density at radius 2 is 1.16 bits per heavy atom. The second-order valence-electron chi connectivity index (χ2n) is 14.8. The van der Waals surface area contributed by atoms with Crippen LogP contribution in [0.4, 0.5) is 0 Å². The van der Waals surface area contributed by atoms with E-state index in [2.05, 4.69) is 66.9 Å². The molecule has 0 bridgehead atoms. The number of rotatable bonds is 34. The van der Waals surface area contributed by atoms with E-state index in [1.165, 1.54) is 64.2 Å². The van der Waals surface area contributed by atoms with Crippen molar-refractivity contribution in [3.63, 3.8) is 0 Å². The molecule has 1 fully saturated rings. The van der Waals surface area contributed by atoms with Crippen LogP contribution in [-0.4, -0.2) is 87.5 Å². The van der Waals surface area contributed by atoms with E-state index in [1.807, 2.05) is 19.1 Å². The summed E-state index contributed by atoms with van der Waals surface area (Å²) in [5.41, 5.74) is 0. The molecule has 0 spiro atoms. The average Bonchev–Trinajstić information content (AvgIpc) is 3.18. The van der Waals surface area contributed by atoms with Crippen molar-refractivity contribution in [2.45, 2.75) is 198 Å². The maximum absolute atomic E-state index is 12.9. The normalized spacial score (nSPS) is 22.1. The Morgan fingerprint density at radius 1 is 0.655 bits per heavy atom. The quantitative estimate of drug-likeness (QED) is 0.0281. The maximum atomic E-state index is 12.9. The Labute approximate surface area is 334 Å². The van der Waals surface area contributed by atoms with Gasteiger partial charge >= 0.3 is 0 Å². The minimum Gasteiger partial charge on any atom is -0.394 e. The molecule has 55 heavy (non-hydrogen) atoms. The Morgan fingerprint density at radius 3 is 1.75 bits per heavy atom. The molecule has 316 valence electrons. The van der Waals surface area contributed by atoms with E-state index < -0.39 is 49.5 Å². The van der Waals surface area contributed by atoms with Gasteiger partial charge in [-0.05, 0) is 77.6 Å². The topological polar surface area (TPSA) is 149 Å². The zero-order valence-electron chi connectivity index (χ0n) is 34.4. The predicted molar refractivity (Wildman–Crippen MR) is 225 cm³/mol. The number of aliphatic hydroxyl groups is 5. The van der Waals surface area contributed by atoms with E-state index in [0.29, 0.717) is 6.42 Å². The van der Waals surface area contributed by atoms with E-state index in [9.17, 15) is 30.3 Å². The van der Waals surface area contributed by atoms with Gasteiger partial charge < -0.3 is 40.3 Å². The van der Waals surface area contributed by atoms with E-state index in [0.717, 1.165) is 70.6 Å². The van der Waals surface area contributed by atoms with Crippen molar-refractivity contribution in [2.75, 3.05) is 13.2 Å². The van der Waals surface area contributed by atoms with Gasteiger partial charge in [0.2, 0.25) is 5.91 Å². The summed E-state index contributed by atoms with van der Waals surface area (Å²) in [5, 5.41) is 53.9. The molecule has 1 heterocycles. The summed E-state index contributed by atoms with van der Waals surface area (Å²) in [6, 6.07) is -0.833. The van der Waals surface area contributed by atoms with E-state index in [-0.39, 0.29) is 12.5 Å². The molecule has 1 saturated heterocycles. The molecule has 9 nitrogen and oxygen atoms in total. The standard InChI is InChI=1S/C46H79NO8/c1-3-5-7-9-11-13-14-15-16-17-18-19-20-21-22-23-24-25-26-28-30-32-34-36-42(50)47-39(40(49)35-33-31-29-27-12-10-8-6-4-2)38-54-46-45(53)44(52)43(51)41(37-48)55-46/h4,6,12,14-15,17-18,20-21,27,33,35,39-41,43-46,48-49,51-53H,3,5,7-11,13,16,19,22-26,28-32,34,36-38H2,1-2H3,(H,47,50)/b6-4+,15-14-,18-17-,21-20-,27-12+,35-33+. The zero-order chi connectivity index (χ0) is 40.2. The van der Waals surface area contributed by atoms with Crippen molar-refractivity contribution in [2.24, 2.45) is 0 Å². The van der Waals surface area contributed by atoms with Gasteiger partial charge in [-0.25, -0.2) is 0 Å². The molecule has 1 aliphatic heterocycles. The summed E-state index contributed by atoms with van der Waals surface area (Å²) < 4.78 is 11.1. The number of ether oxygens (including phenoxy) is 2. The number of nitrogens with one attached hydrogen (secondary N) is 1. The smallest absolute Gasteiger partial charge is 0.220 e. The first-order valence-electron chi connectivity index (χ1n) is 21.6. The SMILES string of the molecule is C/C=C/CC/C=C/CC/C=C/C(O)C(COC1OC(CO)C(O)C(O)C1O)NC(=O)CCCCCCCCCC/C=C\C/C=C\C/C=C\CCCCCCC. The summed E-state index contributed by atoms with van der Waals surface area (Å²) in [7, 11) is 0. The van der Waals surface area contributed by atoms with E-state index >= 15 is 0 Å². The van der Waals surface area contributed by atoms with Crippen LogP contribution in [0.3, 0.4) is 0 Å². The van der Waals surface area contributed by atoms with E-state index in [4.69, 9.17) is 9.47 Å². The highest BCUT2D eigenvalue weighted by Crippen LogP contribution is 2.22. The second kappa shape index (κ2) is 36.0. The third kappa shape index (κ3) is 27.0. The molecule has 1 rings (SSSR count). The predicted octanol–water partition coefficient (Wildman–Crippen LogP) is 8.61. The first kappa shape index (κ1) is 50.6. The van der Waals surface area contributed by atoms with Gasteiger partial charge in [0.15, 0.2) is 6.29 Å². The van der Waals surface area contributed by atoms with Crippen LogP contribution in [0.2, 0.25) is 0 Å². The van der Waals surface area contributed by atoms with Gasteiger partial charge in [0.05, 0.1) is 25.4 Å². The lowest BCUT2D eigenvalue weighted by molar-refractivity contribution is -0.302. The summed E-state index contributed by atoms with van der Waals surface area (Å²) >= 11 is 0. The molecule has 0 aromatic rings. The number of hydrogen-bond acceptors (Lipinski definition) is 8. The number of unbranched alkanes of at least 4 members (excludes halogenated alkanes) is 15. The fraction of sp³-hybridized carbons (Fsp3) is 0.717. The Kier molecular flexibility index (Phi) is 33.2. The number of hydrogen-bond donors (Lipinski definition) is 6. The van der Waals surface area contributed by atoms with Crippen molar-refractivity contribution in [3.05, 3.63) is 72.9 Å². The Bertz CT molecular complexity index is 1080. The van der Waals surface area contributed by atoms with Crippen LogP contribution in [0.15, 0.2) is 72.9 Å². The molecule has 0 radical (unpaired) electrons. The molecular formula is C46H79NO8. The molecule has 0 aromatic carbocycles. The van der Waals surface area contributed by atoms with Gasteiger partial charge in [-0.15, -0.1) is 0 Å². The van der Waals surface area contributed by atoms with Gasteiger partial charge in [0, 0.05) is 6.42 Å². The number of aliphatic hydroxyl groups excluding tert-OH is 5. The summed E-state index contributed by atoms with van der Waals surface area (Å²) in [6.07, 6.45) is 41.2. The first-order valence-corrected chi connectivity index (χ1v) is 21.6. The third-order valence-corrected chi connectivity index (χ3v) is 9.83. The number of carbonyl (C=O) groups excluding carboxylic acids is 1. The van der Waals surface area contributed by atoms with Crippen LogP contribution >= 0.6 is 0 Å². The van der Waals surface area contributed by atoms with Gasteiger partial charge in [0.25, 0.3) is 0 Å². The van der Waals surface area contributed by atoms with Crippen LogP contribution in [0, 0.1) is 0 Å². The van der Waals surface area contributed by atoms with Crippen LogP contribution < -0.4 is 5.32 Å². The number of allylic oxidation sites excluding steroid dienone is 11. The molecule has 6 N–H and O–H groups in total. The van der Waals surface area contributed by atoms with Crippen molar-refractivity contribution < 1.29 is 39.8 Å². The summed E-state index contributed by atoms with van der Waals surface area (Å²) in [6.45, 7) is 3.47. The molecule has 7 atom stereocenters. The number of carbonyl (C=O) groups is 1. The molecule has 7 unspecified atom stereocenters. The lowest BCUT2D eigenvalue weighted by Crippen LogP contribution is -2.60. The lowest BCUT2D eigenvalue weighted by Gasteiger charge is -2.40. The summed E-state index contributed by atoms with van der Waals surface area (Å²) in [5.74, 6) is -0.206. The molecular weight excluding hydrogens is 695 g/mol. The largest absolute Gasteiger partial charge is 0.394 e. The average molecular weight is 774 g/mol. The number of amides is 1. The first-order chi connectivity index (χ1) is 26.8. The molecule has 9 heteroatoms. The van der Waals surface area contributed by atoms with Crippen molar-refractivity contribution >= 4 is 5.91 Å². The molecule has 0 aliphatic carbocycles. The van der Waals surface area contributed by atoms with Gasteiger partial charge in [-0.2, -0.15) is 0 Å². The Hall–Kier alpha value is -2.37. The van der Waals surface area contributed by atoms with E-state index in [1.54, 1.807) is 6.08 Å². The van der Waals surface area contributed by atoms with Crippen LogP contribution in [0.1, 0.15) is 155 Å². The fourth-order valence-electron chi connectivity index (χ4n) is 6.32. The summed E-state index contributed by atoms with van der Waals surface area (Å²) in [4.78, 5) is 12.9. The highest BCUT2D eigenvalue weighted by molar-refractivity contribution is 5.76. The van der Waals surface area contributed by atoms with Gasteiger partial charge in [-0.3, -0.25) is 4.79 Å². The van der Waals surface area contributed by atoms with Crippen molar-refractivity contribution in [3.8, 4) is 0 Å². The lowest BCUT2D eigenvalue weighted by atomic mass is 9.99. The molecule has 0 aromatic heterocycles. The molecule has 1 amide bonds. The Balaban J connectivity index is 2.31. The fourth-order valence-corrected chi connectivity index (χ4v) is 6.32. The minimum atomic E-state index is -1.58. The third-order valence-electron chi connectivity index (χ3n) is 9.83. The highest BCUT2D eigenvalue weighted by atomic mass is 16.7. The monoisotopic (exact) mass is 774 g/mol. The van der Waals surface area contributed by atoms with Gasteiger partial charge in [-0.1, -0.05) is 144 Å². The maximum Gasteiger partial charge on any atom is 0.220 e. The zero-order valence-corrected chi connectivity index (χ0v) is 34.4.